The second-order valence-electron chi connectivity index (χ2n) is 7.58. The summed E-state index contributed by atoms with van der Waals surface area (Å²) in [5.41, 5.74) is 5.88. The molecular formula is C22H29N3O2. The molecule has 0 spiro atoms. The van der Waals surface area contributed by atoms with Gasteiger partial charge in [-0.05, 0) is 63.4 Å². The van der Waals surface area contributed by atoms with Gasteiger partial charge in [0.05, 0.1) is 5.56 Å². The van der Waals surface area contributed by atoms with Gasteiger partial charge in [-0.3, -0.25) is 9.59 Å². The van der Waals surface area contributed by atoms with Gasteiger partial charge in [-0.1, -0.05) is 6.07 Å². The van der Waals surface area contributed by atoms with Crippen molar-refractivity contribution >= 4 is 11.8 Å². The van der Waals surface area contributed by atoms with E-state index in [9.17, 15) is 9.59 Å². The number of aryl methyl sites for hydroxylation is 3. The monoisotopic (exact) mass is 367 g/mol. The van der Waals surface area contributed by atoms with Crippen molar-refractivity contribution in [1.29, 1.82) is 0 Å². The smallest absolute Gasteiger partial charge is 0.255 e. The number of benzene rings is 1. The third kappa shape index (κ3) is 3.77. The number of carbonyl (C=O) groups is 2. The molecule has 0 radical (unpaired) electrons. The third-order valence-electron chi connectivity index (χ3n) is 5.83. The minimum atomic E-state index is 0.0548. The minimum Gasteiger partial charge on any atom is -0.351 e. The van der Waals surface area contributed by atoms with E-state index in [2.05, 4.69) is 0 Å². The lowest BCUT2D eigenvalue weighted by Gasteiger charge is -2.22. The maximum atomic E-state index is 13.0. The molecule has 2 amide bonds. The predicted octanol–water partition coefficient (Wildman–Crippen LogP) is 3.25. The molecule has 1 aromatic heterocycles. The Hall–Kier alpha value is -2.56. The fraction of sp³-hybridized carbons (Fsp3) is 0.455. The zero-order valence-corrected chi connectivity index (χ0v) is 17.0. The van der Waals surface area contributed by atoms with Gasteiger partial charge in [0.1, 0.15) is 0 Å². The van der Waals surface area contributed by atoms with Crippen molar-refractivity contribution in [1.82, 2.24) is 14.4 Å². The number of carbonyl (C=O) groups excluding carboxylic acids is 2. The van der Waals surface area contributed by atoms with Gasteiger partial charge in [-0.25, -0.2) is 0 Å². The molecule has 1 saturated heterocycles. The summed E-state index contributed by atoms with van der Waals surface area (Å²) in [6.07, 6.45) is 0.799. The predicted molar refractivity (Wildman–Crippen MR) is 107 cm³/mol. The largest absolute Gasteiger partial charge is 0.351 e. The van der Waals surface area contributed by atoms with E-state index >= 15 is 0 Å². The fourth-order valence-corrected chi connectivity index (χ4v) is 3.62. The van der Waals surface area contributed by atoms with Crippen LogP contribution in [-0.2, 0) is 7.05 Å². The molecule has 144 valence electrons. The number of aromatic nitrogens is 1. The standard InChI is InChI=1S/C22H29N3O2/c1-15-7-8-19(13-16(15)2)21(26)24-9-6-10-25(12-11-24)22(27)20-14-17(3)23(5)18(20)4/h7-8,13-14H,6,9-12H2,1-5H3. The summed E-state index contributed by atoms with van der Waals surface area (Å²) in [6, 6.07) is 7.81. The lowest BCUT2D eigenvalue weighted by Crippen LogP contribution is -2.37. The van der Waals surface area contributed by atoms with Crippen LogP contribution in [0.15, 0.2) is 24.3 Å². The Morgan fingerprint density at radius 2 is 1.44 bits per heavy atom. The Balaban J connectivity index is 1.71. The van der Waals surface area contributed by atoms with E-state index in [0.29, 0.717) is 26.2 Å². The Labute approximate surface area is 161 Å². The van der Waals surface area contributed by atoms with Crippen LogP contribution in [0.3, 0.4) is 0 Å². The van der Waals surface area contributed by atoms with Crippen molar-refractivity contribution in [3.05, 3.63) is 57.9 Å². The second kappa shape index (κ2) is 7.59. The van der Waals surface area contributed by atoms with Crippen LogP contribution < -0.4 is 0 Å². The van der Waals surface area contributed by atoms with Crippen LogP contribution in [0, 0.1) is 27.7 Å². The average Bonchev–Trinajstić information content (AvgIpc) is 2.85. The topological polar surface area (TPSA) is 45.6 Å². The maximum Gasteiger partial charge on any atom is 0.255 e. The molecule has 1 aromatic carbocycles. The molecule has 5 heteroatoms. The first-order chi connectivity index (χ1) is 12.8. The SMILES string of the molecule is Cc1ccc(C(=O)N2CCCN(C(=O)c3cc(C)n(C)c3C)CC2)cc1C. The van der Waals surface area contributed by atoms with E-state index < -0.39 is 0 Å². The zero-order valence-electron chi connectivity index (χ0n) is 17.0. The van der Waals surface area contributed by atoms with E-state index in [4.69, 9.17) is 0 Å². The highest BCUT2D eigenvalue weighted by atomic mass is 16.2. The van der Waals surface area contributed by atoms with Crippen LogP contribution in [0.4, 0.5) is 0 Å². The molecule has 0 atom stereocenters. The molecule has 5 nitrogen and oxygen atoms in total. The quantitative estimate of drug-likeness (QED) is 0.818. The number of nitrogens with zero attached hydrogens (tertiary/aromatic N) is 3. The van der Waals surface area contributed by atoms with Crippen molar-refractivity contribution in [3.8, 4) is 0 Å². The first kappa shape index (κ1) is 19.2. The van der Waals surface area contributed by atoms with E-state index in [1.54, 1.807) is 0 Å². The molecule has 2 aromatic rings. The van der Waals surface area contributed by atoms with E-state index in [1.165, 1.54) is 5.56 Å². The molecule has 1 aliphatic rings. The zero-order chi connectivity index (χ0) is 19.7. The second-order valence-corrected chi connectivity index (χ2v) is 7.58. The molecule has 27 heavy (non-hydrogen) atoms. The van der Waals surface area contributed by atoms with Gasteiger partial charge in [-0.15, -0.1) is 0 Å². The van der Waals surface area contributed by atoms with Gasteiger partial charge in [0, 0.05) is 50.2 Å². The lowest BCUT2D eigenvalue weighted by molar-refractivity contribution is 0.0718. The van der Waals surface area contributed by atoms with Crippen LogP contribution in [0.25, 0.3) is 0 Å². The van der Waals surface area contributed by atoms with Gasteiger partial charge in [-0.2, -0.15) is 0 Å². The van der Waals surface area contributed by atoms with Crippen molar-refractivity contribution in [2.75, 3.05) is 26.2 Å². The molecule has 0 bridgehead atoms. The summed E-state index contributed by atoms with van der Waals surface area (Å²) >= 11 is 0. The lowest BCUT2D eigenvalue weighted by atomic mass is 10.1. The van der Waals surface area contributed by atoms with Crippen LogP contribution in [-0.4, -0.2) is 52.4 Å². The molecule has 0 aliphatic carbocycles. The molecule has 2 heterocycles. The van der Waals surface area contributed by atoms with Crippen LogP contribution in [0.5, 0.6) is 0 Å². The molecule has 1 aliphatic heterocycles. The first-order valence-electron chi connectivity index (χ1n) is 9.58. The molecule has 1 fully saturated rings. The van der Waals surface area contributed by atoms with Crippen LogP contribution in [0.1, 0.15) is 49.7 Å². The molecule has 0 saturated carbocycles. The highest BCUT2D eigenvalue weighted by molar-refractivity contribution is 5.96. The molecular weight excluding hydrogens is 338 g/mol. The number of amides is 2. The van der Waals surface area contributed by atoms with Crippen molar-refractivity contribution in [3.63, 3.8) is 0 Å². The highest BCUT2D eigenvalue weighted by Crippen LogP contribution is 2.18. The van der Waals surface area contributed by atoms with Gasteiger partial charge >= 0.3 is 0 Å². The third-order valence-corrected chi connectivity index (χ3v) is 5.83. The number of hydrogen-bond donors (Lipinski definition) is 0. The van der Waals surface area contributed by atoms with Crippen molar-refractivity contribution in [2.24, 2.45) is 7.05 Å². The fourth-order valence-electron chi connectivity index (χ4n) is 3.62. The highest BCUT2D eigenvalue weighted by Gasteiger charge is 2.25. The van der Waals surface area contributed by atoms with E-state index in [1.807, 2.05) is 73.4 Å². The summed E-state index contributed by atoms with van der Waals surface area (Å²) in [7, 11) is 1.98. The van der Waals surface area contributed by atoms with Crippen LogP contribution >= 0.6 is 0 Å². The van der Waals surface area contributed by atoms with Gasteiger partial charge in [0.2, 0.25) is 0 Å². The maximum absolute atomic E-state index is 13.0. The Kier molecular flexibility index (Phi) is 5.40. The average molecular weight is 367 g/mol. The summed E-state index contributed by atoms with van der Waals surface area (Å²) in [4.78, 5) is 29.6. The minimum absolute atomic E-state index is 0.0548. The Bertz CT molecular complexity index is 882. The molecule has 0 N–H and O–H groups in total. The number of hydrogen-bond acceptors (Lipinski definition) is 2. The summed E-state index contributed by atoms with van der Waals surface area (Å²) in [5, 5.41) is 0. The summed E-state index contributed by atoms with van der Waals surface area (Å²) < 4.78 is 2.04. The van der Waals surface area contributed by atoms with Crippen molar-refractivity contribution < 1.29 is 9.59 Å². The van der Waals surface area contributed by atoms with Gasteiger partial charge < -0.3 is 14.4 Å². The Morgan fingerprint density at radius 1 is 0.815 bits per heavy atom. The van der Waals surface area contributed by atoms with Crippen molar-refractivity contribution in [2.45, 2.75) is 34.1 Å². The van der Waals surface area contributed by atoms with Crippen LogP contribution in [0.2, 0.25) is 0 Å². The van der Waals surface area contributed by atoms with Gasteiger partial charge in [0.15, 0.2) is 0 Å². The Morgan fingerprint density at radius 3 is 2.00 bits per heavy atom. The van der Waals surface area contributed by atoms with E-state index in [-0.39, 0.29) is 11.8 Å². The number of rotatable bonds is 2. The summed E-state index contributed by atoms with van der Waals surface area (Å²) in [6.45, 7) is 10.6. The first-order valence-corrected chi connectivity index (χ1v) is 9.58. The molecule has 0 unspecified atom stereocenters. The van der Waals surface area contributed by atoms with Gasteiger partial charge in [0.25, 0.3) is 11.8 Å². The summed E-state index contributed by atoms with van der Waals surface area (Å²) in [5.74, 6) is 0.121. The normalized spacial score (nSPS) is 15.0. The van der Waals surface area contributed by atoms with E-state index in [0.717, 1.165) is 34.5 Å². The molecule has 3 rings (SSSR count).